The number of rotatable bonds is 6. The van der Waals surface area contributed by atoms with Gasteiger partial charge in [0.15, 0.2) is 0 Å². The molecule has 0 fully saturated rings. The molecule has 0 aromatic carbocycles. The van der Waals surface area contributed by atoms with Crippen LogP contribution in [0.1, 0.15) is 17.8 Å². The molecule has 0 saturated carbocycles. The average Bonchev–Trinajstić information content (AvgIpc) is 2.96. The quantitative estimate of drug-likeness (QED) is 0.774. The van der Waals surface area contributed by atoms with E-state index in [1.165, 1.54) is 11.3 Å². The Morgan fingerprint density at radius 2 is 2.32 bits per heavy atom. The summed E-state index contributed by atoms with van der Waals surface area (Å²) >= 11 is 4.56. The van der Waals surface area contributed by atoms with Gasteiger partial charge in [-0.3, -0.25) is 0 Å². The maximum atomic E-state index is 12.0. The first kappa shape index (κ1) is 14.7. The number of aryl methyl sites for hydroxylation is 2. The van der Waals surface area contributed by atoms with Gasteiger partial charge in [0.25, 0.3) is 0 Å². The zero-order valence-corrected chi connectivity index (χ0v) is 13.5. The minimum Gasteiger partial charge on any atom is -0.349 e. The van der Waals surface area contributed by atoms with Gasteiger partial charge in [0.05, 0.1) is 3.79 Å². The number of hydrogen-bond acceptors (Lipinski definition) is 4. The van der Waals surface area contributed by atoms with Crippen molar-refractivity contribution in [1.29, 1.82) is 0 Å². The van der Waals surface area contributed by atoms with E-state index in [4.69, 9.17) is 0 Å². The van der Waals surface area contributed by atoms with Crippen molar-refractivity contribution in [3.8, 4) is 0 Å². The van der Waals surface area contributed by atoms with Crippen molar-refractivity contribution in [3.63, 3.8) is 0 Å². The lowest BCUT2D eigenvalue weighted by atomic mass is 10.3. The molecule has 0 bridgehead atoms. The molecule has 19 heavy (non-hydrogen) atoms. The zero-order chi connectivity index (χ0) is 13.9. The lowest BCUT2D eigenvalue weighted by molar-refractivity contribution is 0.580. The van der Waals surface area contributed by atoms with Crippen molar-refractivity contribution in [1.82, 2.24) is 14.7 Å². The van der Waals surface area contributed by atoms with E-state index in [1.54, 1.807) is 18.5 Å². The topological polar surface area (TPSA) is 74.8 Å². The molecule has 2 aromatic heterocycles. The summed E-state index contributed by atoms with van der Waals surface area (Å²) in [5.74, 6) is 0.869. The number of nitrogens with zero attached hydrogens (tertiary/aromatic N) is 1. The second-order valence-corrected chi connectivity index (χ2v) is 8.42. The maximum Gasteiger partial charge on any atom is 0.250 e. The standard InChI is InChI=1S/C11H14BrN3O2S2/c1-8-7-10(18-11(8)12)19(16,17)15-4-2-3-9-13-5-6-14-9/h5-7,15H,2-4H2,1H3,(H,13,14). The van der Waals surface area contributed by atoms with Gasteiger partial charge >= 0.3 is 0 Å². The van der Waals surface area contributed by atoms with Gasteiger partial charge in [0.2, 0.25) is 10.0 Å². The van der Waals surface area contributed by atoms with Crippen molar-refractivity contribution in [3.05, 3.63) is 33.6 Å². The molecule has 0 saturated heterocycles. The number of halogens is 1. The van der Waals surface area contributed by atoms with Crippen LogP contribution in [0.2, 0.25) is 0 Å². The molecule has 0 aliphatic rings. The van der Waals surface area contributed by atoms with Crippen LogP contribution in [0.4, 0.5) is 0 Å². The minimum absolute atomic E-state index is 0.342. The van der Waals surface area contributed by atoms with Crippen molar-refractivity contribution < 1.29 is 8.42 Å². The van der Waals surface area contributed by atoms with Gasteiger partial charge in [-0.2, -0.15) is 0 Å². The number of sulfonamides is 1. The molecule has 2 heterocycles. The monoisotopic (exact) mass is 363 g/mol. The first-order valence-electron chi connectivity index (χ1n) is 5.73. The van der Waals surface area contributed by atoms with E-state index in [1.807, 2.05) is 6.92 Å². The van der Waals surface area contributed by atoms with Gasteiger partial charge in [-0.05, 0) is 40.9 Å². The molecule has 104 valence electrons. The van der Waals surface area contributed by atoms with E-state index in [2.05, 4.69) is 30.6 Å². The second kappa shape index (κ2) is 6.17. The van der Waals surface area contributed by atoms with Gasteiger partial charge in [-0.1, -0.05) is 0 Å². The molecule has 8 heteroatoms. The van der Waals surface area contributed by atoms with Gasteiger partial charge in [0.1, 0.15) is 10.0 Å². The van der Waals surface area contributed by atoms with E-state index in [-0.39, 0.29) is 0 Å². The summed E-state index contributed by atoms with van der Waals surface area (Å²) in [5.41, 5.74) is 0.931. The van der Waals surface area contributed by atoms with Crippen LogP contribution >= 0.6 is 27.3 Å². The highest BCUT2D eigenvalue weighted by Gasteiger charge is 2.17. The predicted molar refractivity (Wildman–Crippen MR) is 78.9 cm³/mol. The van der Waals surface area contributed by atoms with Crippen molar-refractivity contribution in [2.24, 2.45) is 0 Å². The Kier molecular flexibility index (Phi) is 4.77. The Balaban J connectivity index is 1.87. The molecule has 0 aliphatic carbocycles. The molecular formula is C11H14BrN3O2S2. The molecule has 0 radical (unpaired) electrons. The summed E-state index contributed by atoms with van der Waals surface area (Å²) in [6.07, 6.45) is 4.87. The van der Waals surface area contributed by atoms with Gasteiger partial charge in [0, 0.05) is 25.4 Å². The van der Waals surface area contributed by atoms with E-state index >= 15 is 0 Å². The Bertz CT molecular complexity index is 615. The SMILES string of the molecule is Cc1cc(S(=O)(=O)NCCCc2ncc[nH]2)sc1Br. The predicted octanol–water partition coefficient (Wildman–Crippen LogP) is 2.45. The summed E-state index contributed by atoms with van der Waals surface area (Å²) in [6.45, 7) is 2.27. The zero-order valence-electron chi connectivity index (χ0n) is 10.3. The molecule has 2 aromatic rings. The Hall–Kier alpha value is -0.700. The number of hydrogen-bond donors (Lipinski definition) is 2. The minimum atomic E-state index is -3.40. The molecule has 0 amide bonds. The summed E-state index contributed by atoms with van der Waals surface area (Å²) in [5, 5.41) is 0. The Morgan fingerprint density at radius 1 is 1.53 bits per heavy atom. The fourth-order valence-corrected chi connectivity index (χ4v) is 4.88. The third-order valence-corrected chi connectivity index (χ3v) is 6.61. The third kappa shape index (κ3) is 3.88. The number of aromatic nitrogens is 2. The van der Waals surface area contributed by atoms with Gasteiger partial charge in [-0.15, -0.1) is 11.3 Å². The largest absolute Gasteiger partial charge is 0.349 e. The average molecular weight is 364 g/mol. The molecular weight excluding hydrogens is 350 g/mol. The summed E-state index contributed by atoms with van der Waals surface area (Å²) in [4.78, 5) is 7.07. The smallest absolute Gasteiger partial charge is 0.250 e. The lowest BCUT2D eigenvalue weighted by Crippen LogP contribution is -2.24. The molecule has 5 nitrogen and oxygen atoms in total. The van der Waals surface area contributed by atoms with Crippen LogP contribution in [0.5, 0.6) is 0 Å². The van der Waals surface area contributed by atoms with Crippen LogP contribution in [0.3, 0.4) is 0 Å². The fourth-order valence-electron chi connectivity index (χ4n) is 1.53. The molecule has 0 spiro atoms. The summed E-state index contributed by atoms with van der Waals surface area (Å²) in [6, 6.07) is 1.67. The summed E-state index contributed by atoms with van der Waals surface area (Å²) in [7, 11) is -3.40. The Labute approximate surface area is 124 Å². The maximum absolute atomic E-state index is 12.0. The first-order chi connectivity index (χ1) is 8.99. The third-order valence-electron chi connectivity index (χ3n) is 2.54. The lowest BCUT2D eigenvalue weighted by Gasteiger charge is -2.03. The first-order valence-corrected chi connectivity index (χ1v) is 8.82. The highest BCUT2D eigenvalue weighted by Crippen LogP contribution is 2.30. The van der Waals surface area contributed by atoms with Crippen molar-refractivity contribution >= 4 is 37.3 Å². The van der Waals surface area contributed by atoms with Gasteiger partial charge < -0.3 is 4.98 Å². The highest BCUT2D eigenvalue weighted by molar-refractivity contribution is 9.11. The molecule has 0 aliphatic heterocycles. The normalized spacial score (nSPS) is 11.9. The molecule has 2 N–H and O–H groups in total. The van der Waals surface area contributed by atoms with Crippen LogP contribution < -0.4 is 4.72 Å². The number of thiophene rings is 1. The molecule has 2 rings (SSSR count). The number of aromatic amines is 1. The van der Waals surface area contributed by atoms with E-state index < -0.39 is 10.0 Å². The van der Waals surface area contributed by atoms with E-state index in [9.17, 15) is 8.42 Å². The van der Waals surface area contributed by atoms with Crippen LogP contribution in [-0.2, 0) is 16.4 Å². The van der Waals surface area contributed by atoms with Crippen LogP contribution in [0, 0.1) is 6.92 Å². The Morgan fingerprint density at radius 3 is 2.89 bits per heavy atom. The molecule has 0 unspecified atom stereocenters. The number of imidazole rings is 1. The second-order valence-electron chi connectivity index (χ2n) is 4.06. The van der Waals surface area contributed by atoms with E-state index in [0.717, 1.165) is 21.6 Å². The van der Waals surface area contributed by atoms with E-state index in [0.29, 0.717) is 17.2 Å². The summed E-state index contributed by atoms with van der Waals surface area (Å²) < 4.78 is 27.8. The van der Waals surface area contributed by atoms with Crippen molar-refractivity contribution in [2.45, 2.75) is 24.0 Å². The van der Waals surface area contributed by atoms with Crippen LogP contribution in [-0.4, -0.2) is 24.9 Å². The van der Waals surface area contributed by atoms with Crippen LogP contribution in [0.25, 0.3) is 0 Å². The van der Waals surface area contributed by atoms with Crippen molar-refractivity contribution in [2.75, 3.05) is 6.54 Å². The number of H-pyrrole nitrogens is 1. The van der Waals surface area contributed by atoms with Gasteiger partial charge in [-0.25, -0.2) is 18.1 Å². The molecule has 0 atom stereocenters. The highest BCUT2D eigenvalue weighted by atomic mass is 79.9. The fraction of sp³-hybridized carbons (Fsp3) is 0.364. The van der Waals surface area contributed by atoms with Crippen LogP contribution in [0.15, 0.2) is 26.5 Å². The number of nitrogens with one attached hydrogen (secondary N) is 2.